The molecule has 2 aromatic rings. The van der Waals surface area contributed by atoms with E-state index < -0.39 is 66.2 Å². The molecular weight excluding hydrogens is 716 g/mol. The van der Waals surface area contributed by atoms with Gasteiger partial charge in [0.25, 0.3) is 5.91 Å². The predicted octanol–water partition coefficient (Wildman–Crippen LogP) is 3.62. The van der Waals surface area contributed by atoms with Crippen LogP contribution in [0.2, 0.25) is 0 Å². The monoisotopic (exact) mass is 774 g/mol. The van der Waals surface area contributed by atoms with Crippen molar-refractivity contribution < 1.29 is 38.3 Å². The molecule has 0 bridgehead atoms. The molecule has 1 aliphatic carbocycles. The molecule has 1 saturated carbocycles. The molecule has 0 aromatic heterocycles. The molecule has 5 unspecified atom stereocenters. The molecule has 6 amide bonds. The first-order valence-electron chi connectivity index (χ1n) is 19.8. The number of nitrogens with zero attached hydrogens (tertiary/aromatic N) is 2. The maximum atomic E-state index is 14.5. The molecular formula is C42H58N6O8. The quantitative estimate of drug-likeness (QED) is 0.176. The molecule has 304 valence electrons. The van der Waals surface area contributed by atoms with Crippen LogP contribution in [0.5, 0.6) is 0 Å². The fourth-order valence-corrected chi connectivity index (χ4v) is 7.48. The Bertz CT molecular complexity index is 1660. The summed E-state index contributed by atoms with van der Waals surface area (Å²) < 4.78 is 5.41. The largest absolute Gasteiger partial charge is 0.449 e. The van der Waals surface area contributed by atoms with Gasteiger partial charge in [-0.3, -0.25) is 28.8 Å². The van der Waals surface area contributed by atoms with E-state index in [2.05, 4.69) is 21.3 Å². The molecule has 0 radical (unpaired) electrons. The van der Waals surface area contributed by atoms with Crippen LogP contribution in [0, 0.1) is 11.8 Å². The number of ketones is 1. The van der Waals surface area contributed by atoms with Crippen LogP contribution in [-0.4, -0.2) is 103 Å². The van der Waals surface area contributed by atoms with Gasteiger partial charge in [-0.25, -0.2) is 4.79 Å². The van der Waals surface area contributed by atoms with Crippen molar-refractivity contribution in [2.75, 3.05) is 33.8 Å². The Kier molecular flexibility index (Phi) is 16.4. The van der Waals surface area contributed by atoms with Crippen LogP contribution in [0.3, 0.4) is 0 Å². The number of alkyl carbamates (subject to hydrolysis) is 1. The molecule has 5 atom stereocenters. The van der Waals surface area contributed by atoms with Crippen molar-refractivity contribution in [1.29, 1.82) is 0 Å². The summed E-state index contributed by atoms with van der Waals surface area (Å²) in [6, 6.07) is 13.8. The van der Waals surface area contributed by atoms with Gasteiger partial charge >= 0.3 is 6.09 Å². The van der Waals surface area contributed by atoms with Crippen molar-refractivity contribution in [3.8, 4) is 0 Å². The van der Waals surface area contributed by atoms with Crippen LogP contribution in [-0.2, 0) is 33.5 Å². The summed E-state index contributed by atoms with van der Waals surface area (Å²) in [4.78, 5) is 97.3. The SMILES string of the molecule is CCCC(NC(=O)C1C(c2ccccc2)CCN1C(=O)C(NC(=O)OCC(C)C)C1CCCCC1)C(=O)C(=O)NCC(=O)NC(C(=O)N(C)C)c1ccccc1. The molecule has 4 N–H and O–H groups in total. The van der Waals surface area contributed by atoms with E-state index in [9.17, 15) is 33.6 Å². The molecule has 14 nitrogen and oxygen atoms in total. The number of carbonyl (C=O) groups is 7. The van der Waals surface area contributed by atoms with Gasteiger partial charge in [0.05, 0.1) is 19.2 Å². The molecule has 2 aromatic carbocycles. The van der Waals surface area contributed by atoms with Gasteiger partial charge < -0.3 is 35.8 Å². The summed E-state index contributed by atoms with van der Waals surface area (Å²) in [5.41, 5.74) is 1.39. The van der Waals surface area contributed by atoms with Crippen LogP contribution in [0.25, 0.3) is 0 Å². The minimum Gasteiger partial charge on any atom is -0.449 e. The Balaban J connectivity index is 1.51. The Morgan fingerprint density at radius 3 is 2.09 bits per heavy atom. The number of Topliss-reactive ketones (excluding diaryl/α,β-unsaturated/α-hetero) is 1. The first-order valence-corrected chi connectivity index (χ1v) is 19.8. The van der Waals surface area contributed by atoms with Gasteiger partial charge in [-0.1, -0.05) is 107 Å². The molecule has 0 spiro atoms. The fraction of sp³-hybridized carbons (Fsp3) is 0.548. The zero-order valence-corrected chi connectivity index (χ0v) is 33.3. The van der Waals surface area contributed by atoms with E-state index in [1.54, 1.807) is 51.4 Å². The number of hydrogen-bond donors (Lipinski definition) is 4. The Hall–Kier alpha value is -5.27. The highest BCUT2D eigenvalue weighted by atomic mass is 16.5. The highest BCUT2D eigenvalue weighted by Gasteiger charge is 2.47. The first-order chi connectivity index (χ1) is 26.8. The van der Waals surface area contributed by atoms with Crippen LogP contribution < -0.4 is 21.3 Å². The second kappa shape index (κ2) is 21.1. The normalized spacial score (nSPS) is 18.6. The molecule has 56 heavy (non-hydrogen) atoms. The van der Waals surface area contributed by atoms with Crippen LogP contribution in [0.15, 0.2) is 60.7 Å². The number of rotatable bonds is 17. The lowest BCUT2D eigenvalue weighted by atomic mass is 9.83. The van der Waals surface area contributed by atoms with Crippen LogP contribution in [0.4, 0.5) is 4.79 Å². The third-order valence-corrected chi connectivity index (χ3v) is 10.4. The van der Waals surface area contributed by atoms with E-state index in [1.165, 1.54) is 9.80 Å². The molecule has 1 saturated heterocycles. The van der Waals surface area contributed by atoms with Crippen molar-refractivity contribution >= 4 is 41.4 Å². The van der Waals surface area contributed by atoms with Crippen molar-refractivity contribution in [2.45, 2.75) is 102 Å². The topological polar surface area (TPSA) is 183 Å². The molecule has 1 heterocycles. The minimum atomic E-state index is -1.24. The van der Waals surface area contributed by atoms with Gasteiger partial charge in [0.2, 0.25) is 29.4 Å². The number of benzene rings is 2. The van der Waals surface area contributed by atoms with E-state index in [-0.39, 0.29) is 43.2 Å². The Morgan fingerprint density at radius 2 is 1.48 bits per heavy atom. The highest BCUT2D eigenvalue weighted by molar-refractivity contribution is 6.38. The number of nitrogens with one attached hydrogen (secondary N) is 4. The lowest BCUT2D eigenvalue weighted by molar-refractivity contribution is -0.144. The number of amides is 6. The summed E-state index contributed by atoms with van der Waals surface area (Å²) in [6.45, 7) is 5.49. The number of ether oxygens (including phenoxy) is 1. The van der Waals surface area contributed by atoms with Gasteiger partial charge in [-0.2, -0.15) is 0 Å². The lowest BCUT2D eigenvalue weighted by Crippen LogP contribution is -2.59. The highest BCUT2D eigenvalue weighted by Crippen LogP contribution is 2.36. The summed E-state index contributed by atoms with van der Waals surface area (Å²) >= 11 is 0. The predicted molar refractivity (Wildman–Crippen MR) is 210 cm³/mol. The van der Waals surface area contributed by atoms with Crippen LogP contribution in [0.1, 0.15) is 95.2 Å². The Labute approximate surface area is 329 Å². The van der Waals surface area contributed by atoms with E-state index in [0.717, 1.165) is 37.7 Å². The zero-order chi connectivity index (χ0) is 40.8. The van der Waals surface area contributed by atoms with Gasteiger partial charge in [0.1, 0.15) is 18.1 Å². The van der Waals surface area contributed by atoms with Crippen LogP contribution >= 0.6 is 0 Å². The maximum absolute atomic E-state index is 14.5. The van der Waals surface area contributed by atoms with Gasteiger partial charge in [0, 0.05) is 26.6 Å². The summed E-state index contributed by atoms with van der Waals surface area (Å²) in [6.07, 6.45) is 4.70. The number of carbonyl (C=O) groups excluding carboxylic acids is 7. The molecule has 2 aliphatic rings. The lowest BCUT2D eigenvalue weighted by Gasteiger charge is -2.35. The molecule has 1 aliphatic heterocycles. The van der Waals surface area contributed by atoms with E-state index in [0.29, 0.717) is 18.4 Å². The standard InChI is InChI=1S/C42H58N6O8/c1-6-16-32(37(50)39(52)43-25-33(49)45-34(40(53)47(4)5)29-19-12-8-13-20-29)44-38(51)36-31(28-17-10-7-11-18-28)23-24-48(36)41(54)35(30-21-14-9-15-22-30)46-42(55)56-26-27(2)3/h7-8,10-13,17-20,27,30-32,34-36H,6,9,14-16,21-26H2,1-5H3,(H,43,52)(H,44,51)(H,45,49)(H,46,55). The first kappa shape index (κ1) is 43.5. The molecule has 4 rings (SSSR count). The fourth-order valence-electron chi connectivity index (χ4n) is 7.48. The number of likely N-dealkylation sites (N-methyl/N-ethyl adjacent to an activating group) is 1. The number of hydrogen-bond acceptors (Lipinski definition) is 8. The second-order valence-corrected chi connectivity index (χ2v) is 15.3. The van der Waals surface area contributed by atoms with Gasteiger partial charge in [0.15, 0.2) is 0 Å². The summed E-state index contributed by atoms with van der Waals surface area (Å²) in [5.74, 6) is -4.52. The number of likely N-dealkylation sites (tertiary alicyclic amines) is 1. The third kappa shape index (κ3) is 11.9. The molecule has 2 fully saturated rings. The average Bonchev–Trinajstić information content (AvgIpc) is 3.66. The van der Waals surface area contributed by atoms with E-state index >= 15 is 0 Å². The zero-order valence-electron chi connectivity index (χ0n) is 33.3. The van der Waals surface area contributed by atoms with Crippen molar-refractivity contribution in [1.82, 2.24) is 31.1 Å². The Morgan fingerprint density at radius 1 is 0.839 bits per heavy atom. The van der Waals surface area contributed by atoms with Gasteiger partial charge in [-0.15, -0.1) is 0 Å². The smallest absolute Gasteiger partial charge is 0.407 e. The summed E-state index contributed by atoms with van der Waals surface area (Å²) in [5, 5.41) is 10.6. The third-order valence-electron chi connectivity index (χ3n) is 10.4. The van der Waals surface area contributed by atoms with Crippen molar-refractivity contribution in [3.63, 3.8) is 0 Å². The average molecular weight is 775 g/mol. The maximum Gasteiger partial charge on any atom is 0.407 e. The minimum absolute atomic E-state index is 0.103. The molecule has 14 heteroatoms. The van der Waals surface area contributed by atoms with E-state index in [4.69, 9.17) is 4.74 Å². The van der Waals surface area contributed by atoms with E-state index in [1.807, 2.05) is 44.2 Å². The second-order valence-electron chi connectivity index (χ2n) is 15.3. The summed E-state index contributed by atoms with van der Waals surface area (Å²) in [7, 11) is 3.12. The van der Waals surface area contributed by atoms with Crippen molar-refractivity contribution in [2.24, 2.45) is 11.8 Å². The van der Waals surface area contributed by atoms with Crippen molar-refractivity contribution in [3.05, 3.63) is 71.8 Å². The van der Waals surface area contributed by atoms with Gasteiger partial charge in [-0.05, 0) is 48.6 Å².